The SMILES string of the molecule is CCCCCON(C(=O)OC(C)CC(C)C)C(C)C(O)(C1(C(=O)NC(C)C(=O)O)CCN(c2ccccc2)CC1)P(=O)(O)O. The van der Waals surface area contributed by atoms with Gasteiger partial charge >= 0.3 is 19.7 Å². The molecule has 0 saturated carbocycles. The maximum Gasteiger partial charge on any atom is 0.434 e. The number of ether oxygens (including phenoxy) is 1. The molecule has 2 rings (SSSR count). The number of hydrogen-bond donors (Lipinski definition) is 5. The van der Waals surface area contributed by atoms with Crippen molar-refractivity contribution in [1.82, 2.24) is 10.4 Å². The highest BCUT2D eigenvalue weighted by atomic mass is 31.2. The average molecular weight is 644 g/mol. The molecular formula is C30H50N3O10P. The van der Waals surface area contributed by atoms with E-state index in [2.05, 4.69) is 5.32 Å². The summed E-state index contributed by atoms with van der Waals surface area (Å²) in [4.78, 5) is 68.5. The molecule has 0 aliphatic carbocycles. The summed E-state index contributed by atoms with van der Waals surface area (Å²) in [6, 6.07) is 5.96. The molecule has 4 atom stereocenters. The largest absolute Gasteiger partial charge is 0.480 e. The molecule has 1 heterocycles. The summed E-state index contributed by atoms with van der Waals surface area (Å²) in [5.74, 6) is -2.24. The van der Waals surface area contributed by atoms with E-state index in [1.807, 2.05) is 56.0 Å². The molecule has 250 valence electrons. The molecule has 4 unspecified atom stereocenters. The standard InChI is InChI=1S/C30H50N3O10P/c1-7-8-12-19-42-33(28(37)43-22(4)20-21(2)3)24(6)30(38,44(39,40)41)29(27(36)31-23(5)26(34)35)15-17-32(18-16-29)25-13-10-9-11-14-25/h9-11,13-14,21-24,38H,7-8,12,15-20H2,1-6H3,(H,31,36)(H,34,35)(H2,39,40,41). The van der Waals surface area contributed by atoms with E-state index in [4.69, 9.17) is 9.57 Å². The van der Waals surface area contributed by atoms with Crippen LogP contribution in [0.3, 0.4) is 0 Å². The van der Waals surface area contributed by atoms with Crippen LogP contribution in [-0.2, 0) is 23.7 Å². The third kappa shape index (κ3) is 8.72. The molecule has 1 aromatic carbocycles. The topological polar surface area (TPSA) is 186 Å². The van der Waals surface area contributed by atoms with Crippen molar-refractivity contribution >= 4 is 31.3 Å². The van der Waals surface area contributed by atoms with Gasteiger partial charge in [-0.15, -0.1) is 0 Å². The van der Waals surface area contributed by atoms with E-state index in [1.165, 1.54) is 13.8 Å². The number of carboxylic acids is 1. The first-order chi connectivity index (χ1) is 20.5. The van der Waals surface area contributed by atoms with Gasteiger partial charge in [-0.1, -0.05) is 51.8 Å². The van der Waals surface area contributed by atoms with Gasteiger partial charge in [-0.3, -0.25) is 19.0 Å². The first kappa shape index (κ1) is 37.5. The van der Waals surface area contributed by atoms with Gasteiger partial charge < -0.3 is 35.0 Å². The van der Waals surface area contributed by atoms with Crippen molar-refractivity contribution in [2.24, 2.45) is 11.3 Å². The maximum absolute atomic E-state index is 14.0. The van der Waals surface area contributed by atoms with Crippen molar-refractivity contribution in [3.05, 3.63) is 30.3 Å². The van der Waals surface area contributed by atoms with Gasteiger partial charge in [0, 0.05) is 18.8 Å². The van der Waals surface area contributed by atoms with Crippen molar-refractivity contribution in [1.29, 1.82) is 0 Å². The normalized spacial score (nSPS) is 18.5. The minimum absolute atomic E-state index is 0.0138. The van der Waals surface area contributed by atoms with Crippen molar-refractivity contribution < 1.29 is 48.5 Å². The molecule has 1 aromatic rings. The Labute approximate surface area is 260 Å². The van der Waals surface area contributed by atoms with Gasteiger partial charge in [0.2, 0.25) is 11.2 Å². The smallest absolute Gasteiger partial charge is 0.434 e. The molecule has 1 saturated heterocycles. The van der Waals surface area contributed by atoms with E-state index < -0.39 is 54.5 Å². The number of nitrogens with zero attached hydrogens (tertiary/aromatic N) is 2. The molecule has 5 N–H and O–H groups in total. The fourth-order valence-corrected chi connectivity index (χ4v) is 7.28. The highest BCUT2D eigenvalue weighted by molar-refractivity contribution is 7.53. The predicted molar refractivity (Wildman–Crippen MR) is 165 cm³/mol. The number of hydroxylamine groups is 2. The first-order valence-corrected chi connectivity index (χ1v) is 16.9. The molecule has 1 aliphatic heterocycles. The second-order valence-corrected chi connectivity index (χ2v) is 13.8. The summed E-state index contributed by atoms with van der Waals surface area (Å²) in [6.45, 7) is 10.1. The van der Waals surface area contributed by atoms with Gasteiger partial charge in [-0.05, 0) is 64.5 Å². The zero-order valence-electron chi connectivity index (χ0n) is 26.6. The Hall–Kier alpha value is -2.70. The lowest BCUT2D eigenvalue weighted by molar-refractivity contribution is -0.212. The lowest BCUT2D eigenvalue weighted by Crippen LogP contribution is -2.69. The van der Waals surface area contributed by atoms with Crippen LogP contribution in [0.15, 0.2) is 30.3 Å². The molecular weight excluding hydrogens is 593 g/mol. The predicted octanol–water partition coefficient (Wildman–Crippen LogP) is 4.11. The van der Waals surface area contributed by atoms with Crippen molar-refractivity contribution in [3.8, 4) is 0 Å². The summed E-state index contributed by atoms with van der Waals surface area (Å²) < 4.78 is 19.0. The number of piperidine rings is 1. The zero-order valence-corrected chi connectivity index (χ0v) is 27.5. The van der Waals surface area contributed by atoms with Gasteiger partial charge in [-0.2, -0.15) is 5.06 Å². The number of carbonyl (C=O) groups is 3. The molecule has 44 heavy (non-hydrogen) atoms. The van der Waals surface area contributed by atoms with Gasteiger partial charge in [0.1, 0.15) is 18.2 Å². The number of aliphatic carboxylic acids is 1. The highest BCUT2D eigenvalue weighted by Crippen LogP contribution is 2.63. The average Bonchev–Trinajstić information content (AvgIpc) is 2.95. The molecule has 0 spiro atoms. The van der Waals surface area contributed by atoms with Crippen LogP contribution in [-0.4, -0.2) is 86.3 Å². The number of carbonyl (C=O) groups excluding carboxylic acids is 2. The second-order valence-electron chi connectivity index (χ2n) is 12.1. The van der Waals surface area contributed by atoms with Crippen LogP contribution in [0, 0.1) is 11.3 Å². The Morgan fingerprint density at radius 2 is 1.66 bits per heavy atom. The Bertz CT molecular complexity index is 1140. The van der Waals surface area contributed by atoms with Crippen LogP contribution in [0.4, 0.5) is 10.5 Å². The molecule has 0 radical (unpaired) electrons. The first-order valence-electron chi connectivity index (χ1n) is 15.3. The van der Waals surface area contributed by atoms with Crippen molar-refractivity contribution in [2.45, 2.75) is 104 Å². The van der Waals surface area contributed by atoms with Crippen LogP contribution in [0.2, 0.25) is 0 Å². The number of aliphatic hydroxyl groups is 1. The number of benzene rings is 1. The second kappa shape index (κ2) is 16.0. The molecule has 14 heteroatoms. The summed E-state index contributed by atoms with van der Waals surface area (Å²) in [5.41, 5.74) is -1.42. The van der Waals surface area contributed by atoms with E-state index in [9.17, 15) is 38.9 Å². The summed E-state index contributed by atoms with van der Waals surface area (Å²) in [6.07, 6.45) is 0.413. The van der Waals surface area contributed by atoms with E-state index in [1.54, 1.807) is 6.92 Å². The monoisotopic (exact) mass is 643 g/mol. The lowest BCUT2D eigenvalue weighted by Gasteiger charge is -2.53. The number of hydrogen-bond acceptors (Lipinski definition) is 8. The minimum Gasteiger partial charge on any atom is -0.480 e. The number of unbranched alkanes of at least 4 members (excludes halogenated alkanes) is 2. The van der Waals surface area contributed by atoms with Gasteiger partial charge in [0.25, 0.3) is 0 Å². The molecule has 1 aliphatic rings. The van der Waals surface area contributed by atoms with Crippen LogP contribution in [0.1, 0.15) is 80.1 Å². The van der Waals surface area contributed by atoms with E-state index in [-0.39, 0.29) is 38.5 Å². The van der Waals surface area contributed by atoms with E-state index in [0.29, 0.717) is 17.9 Å². The fraction of sp³-hybridized carbons (Fsp3) is 0.700. The fourth-order valence-electron chi connectivity index (χ4n) is 5.80. The molecule has 2 amide bonds. The molecule has 1 fully saturated rings. The summed E-state index contributed by atoms with van der Waals surface area (Å²) in [7, 11) is -5.69. The Morgan fingerprint density at radius 1 is 1.07 bits per heavy atom. The Balaban J connectivity index is 2.63. The quantitative estimate of drug-likeness (QED) is 0.0991. The van der Waals surface area contributed by atoms with Gasteiger partial charge in [0.15, 0.2) is 0 Å². The summed E-state index contributed by atoms with van der Waals surface area (Å²) >= 11 is 0. The number of anilines is 1. The van der Waals surface area contributed by atoms with Gasteiger partial charge in [0.05, 0.1) is 12.0 Å². The summed E-state index contributed by atoms with van der Waals surface area (Å²) in [5, 5.41) is 21.6. The van der Waals surface area contributed by atoms with Crippen LogP contribution in [0.25, 0.3) is 0 Å². The van der Waals surface area contributed by atoms with Crippen molar-refractivity contribution in [2.75, 3.05) is 24.6 Å². The number of carboxylic acid groups (broad SMARTS) is 1. The number of para-hydroxylation sites is 1. The van der Waals surface area contributed by atoms with Crippen LogP contribution in [0.5, 0.6) is 0 Å². The zero-order chi connectivity index (χ0) is 33.3. The van der Waals surface area contributed by atoms with Crippen molar-refractivity contribution in [3.63, 3.8) is 0 Å². The maximum atomic E-state index is 14.0. The third-order valence-electron chi connectivity index (χ3n) is 8.24. The Kier molecular flexibility index (Phi) is 13.7. The van der Waals surface area contributed by atoms with Crippen LogP contribution < -0.4 is 10.2 Å². The van der Waals surface area contributed by atoms with Gasteiger partial charge in [-0.25, -0.2) is 4.79 Å². The van der Waals surface area contributed by atoms with Crippen LogP contribution >= 0.6 is 7.60 Å². The third-order valence-corrected chi connectivity index (χ3v) is 9.93. The molecule has 0 aromatic heterocycles. The minimum atomic E-state index is -5.69. The van der Waals surface area contributed by atoms with E-state index in [0.717, 1.165) is 18.5 Å². The van der Waals surface area contributed by atoms with E-state index >= 15 is 0 Å². The number of nitrogens with one attached hydrogen (secondary N) is 1. The molecule has 13 nitrogen and oxygen atoms in total. The number of amides is 2. The highest BCUT2D eigenvalue weighted by Gasteiger charge is 2.70. The molecule has 0 bridgehead atoms. The number of rotatable bonds is 16. The Morgan fingerprint density at radius 3 is 2.16 bits per heavy atom. The lowest BCUT2D eigenvalue weighted by atomic mass is 9.69.